The quantitative estimate of drug-likeness (QED) is 0.486. The Kier molecular flexibility index (Phi) is 9.66. The SMILES string of the molecule is CC1=[C-]CC(C)=C1C.[F-].[F-].[Zr+4].c1ccc2[cH-]c(-n3cccc3)cc2c1. The molecule has 0 spiro atoms. The fourth-order valence-electron chi connectivity index (χ4n) is 2.64. The van der Waals surface area contributed by atoms with E-state index in [-0.39, 0.29) is 35.6 Å². The molecule has 3 aromatic rings. The first-order chi connectivity index (χ1) is 10.6. The molecule has 1 aliphatic rings. The molecule has 0 atom stereocenters. The van der Waals surface area contributed by atoms with E-state index in [2.05, 4.69) is 80.2 Å². The van der Waals surface area contributed by atoms with Gasteiger partial charge in [0.15, 0.2) is 0 Å². The van der Waals surface area contributed by atoms with E-state index >= 15 is 0 Å². The van der Waals surface area contributed by atoms with Crippen LogP contribution in [0.2, 0.25) is 0 Å². The second-order valence-corrected chi connectivity index (χ2v) is 5.82. The Morgan fingerprint density at radius 1 is 0.960 bits per heavy atom. The molecule has 4 rings (SSSR count). The summed E-state index contributed by atoms with van der Waals surface area (Å²) in [5.74, 6) is 0. The Morgan fingerprint density at radius 2 is 1.60 bits per heavy atom. The van der Waals surface area contributed by atoms with E-state index in [1.807, 2.05) is 12.1 Å². The minimum Gasteiger partial charge on any atom is -1.00 e. The fourth-order valence-corrected chi connectivity index (χ4v) is 2.64. The van der Waals surface area contributed by atoms with Gasteiger partial charge in [-0.15, -0.1) is 54.4 Å². The van der Waals surface area contributed by atoms with E-state index in [1.54, 1.807) is 0 Å². The maximum absolute atomic E-state index is 3.26. The Hall–Kier alpha value is -1.67. The average molecular weight is 417 g/mol. The third-order valence-corrected chi connectivity index (χ3v) is 4.33. The summed E-state index contributed by atoms with van der Waals surface area (Å²) in [6.07, 6.45) is 8.44. The van der Waals surface area contributed by atoms with Gasteiger partial charge in [-0.1, -0.05) is 19.9 Å². The summed E-state index contributed by atoms with van der Waals surface area (Å²) in [7, 11) is 0. The summed E-state index contributed by atoms with van der Waals surface area (Å²) in [4.78, 5) is 0. The van der Waals surface area contributed by atoms with Gasteiger partial charge >= 0.3 is 26.2 Å². The summed E-state index contributed by atoms with van der Waals surface area (Å²) < 4.78 is 2.12. The number of allylic oxidation sites excluding steroid dienone is 4. The molecule has 25 heavy (non-hydrogen) atoms. The normalized spacial score (nSPS) is 12.4. The predicted octanol–water partition coefficient (Wildman–Crippen LogP) is -0.169. The van der Waals surface area contributed by atoms with Crippen molar-refractivity contribution in [2.45, 2.75) is 27.2 Å². The van der Waals surface area contributed by atoms with Gasteiger partial charge in [-0.2, -0.15) is 11.1 Å². The molecule has 1 heterocycles. The number of hydrogen-bond donors (Lipinski definition) is 0. The molecule has 0 radical (unpaired) electrons. The van der Waals surface area contributed by atoms with Crippen LogP contribution in [0.3, 0.4) is 0 Å². The molecule has 0 bridgehead atoms. The molecule has 0 fully saturated rings. The number of rotatable bonds is 1. The molecule has 0 N–H and O–H groups in total. The van der Waals surface area contributed by atoms with Crippen LogP contribution in [-0.4, -0.2) is 4.57 Å². The Labute approximate surface area is 167 Å². The van der Waals surface area contributed by atoms with Gasteiger partial charge in [-0.3, -0.25) is 6.08 Å². The van der Waals surface area contributed by atoms with Crippen molar-refractivity contribution in [2.24, 2.45) is 0 Å². The zero-order chi connectivity index (χ0) is 15.5. The van der Waals surface area contributed by atoms with Gasteiger partial charge in [0.25, 0.3) is 0 Å². The zero-order valence-corrected chi connectivity index (χ0v) is 17.1. The van der Waals surface area contributed by atoms with Crippen LogP contribution >= 0.6 is 0 Å². The summed E-state index contributed by atoms with van der Waals surface area (Å²) in [6, 6.07) is 16.9. The first kappa shape index (κ1) is 23.3. The topological polar surface area (TPSA) is 4.93 Å². The molecular weight excluding hydrogens is 395 g/mol. The first-order valence-electron chi connectivity index (χ1n) is 7.68. The minimum atomic E-state index is 0. The van der Waals surface area contributed by atoms with E-state index < -0.39 is 0 Å². The Balaban J connectivity index is 0.000000462. The number of halogens is 2. The molecule has 0 aliphatic heterocycles. The van der Waals surface area contributed by atoms with Crippen molar-refractivity contribution in [2.75, 3.05) is 0 Å². The number of nitrogens with zero attached hydrogens (tertiary/aromatic N) is 1. The predicted molar refractivity (Wildman–Crippen MR) is 94.3 cm³/mol. The van der Waals surface area contributed by atoms with Gasteiger partial charge in [0.1, 0.15) is 0 Å². The molecular formula is C21H21F2NZr. The maximum Gasteiger partial charge on any atom is 4.00 e. The number of aromatic nitrogens is 1. The van der Waals surface area contributed by atoms with Crippen LogP contribution < -0.4 is 9.41 Å². The van der Waals surface area contributed by atoms with Crippen molar-refractivity contribution in [3.05, 3.63) is 83.7 Å². The zero-order valence-electron chi connectivity index (χ0n) is 14.7. The number of benzene rings is 1. The van der Waals surface area contributed by atoms with Gasteiger partial charge < -0.3 is 14.0 Å². The van der Waals surface area contributed by atoms with Gasteiger partial charge in [-0.25, -0.2) is 5.57 Å². The van der Waals surface area contributed by atoms with Crippen LogP contribution in [0.1, 0.15) is 27.2 Å². The fraction of sp³-hybridized carbons (Fsp3) is 0.190. The van der Waals surface area contributed by atoms with Gasteiger partial charge in [0, 0.05) is 12.4 Å². The van der Waals surface area contributed by atoms with Gasteiger partial charge in [0.2, 0.25) is 0 Å². The second-order valence-electron chi connectivity index (χ2n) is 5.82. The molecule has 1 aliphatic carbocycles. The van der Waals surface area contributed by atoms with Crippen molar-refractivity contribution < 1.29 is 35.6 Å². The molecule has 0 saturated heterocycles. The molecule has 0 saturated carbocycles. The summed E-state index contributed by atoms with van der Waals surface area (Å²) >= 11 is 0. The van der Waals surface area contributed by atoms with E-state index in [4.69, 9.17) is 0 Å². The van der Waals surface area contributed by atoms with Gasteiger partial charge in [0.05, 0.1) is 0 Å². The molecule has 0 amide bonds. The Morgan fingerprint density at radius 3 is 2.08 bits per heavy atom. The molecule has 128 valence electrons. The van der Waals surface area contributed by atoms with E-state index in [0.717, 1.165) is 6.42 Å². The van der Waals surface area contributed by atoms with Crippen LogP contribution in [0, 0.1) is 6.08 Å². The summed E-state index contributed by atoms with van der Waals surface area (Å²) in [6.45, 7) is 6.44. The van der Waals surface area contributed by atoms with Crippen molar-refractivity contribution >= 4 is 10.8 Å². The van der Waals surface area contributed by atoms with Crippen LogP contribution in [-0.2, 0) is 26.2 Å². The van der Waals surface area contributed by atoms with Crippen molar-refractivity contribution in [1.29, 1.82) is 0 Å². The van der Waals surface area contributed by atoms with Crippen LogP contribution in [0.25, 0.3) is 16.5 Å². The molecule has 1 aromatic heterocycles. The smallest absolute Gasteiger partial charge is 1.00 e. The van der Waals surface area contributed by atoms with Crippen LogP contribution in [0.4, 0.5) is 0 Å². The Bertz CT molecular complexity index is 803. The van der Waals surface area contributed by atoms with E-state index in [1.165, 1.54) is 33.2 Å². The largest absolute Gasteiger partial charge is 4.00 e. The van der Waals surface area contributed by atoms with Crippen molar-refractivity contribution in [3.8, 4) is 5.69 Å². The number of fused-ring (bicyclic) bond motifs is 1. The summed E-state index contributed by atoms with van der Waals surface area (Å²) in [5, 5.41) is 2.60. The monoisotopic (exact) mass is 415 g/mol. The van der Waals surface area contributed by atoms with E-state index in [9.17, 15) is 0 Å². The third-order valence-electron chi connectivity index (χ3n) is 4.33. The summed E-state index contributed by atoms with van der Waals surface area (Å²) in [5.41, 5.74) is 5.48. The van der Waals surface area contributed by atoms with Crippen LogP contribution in [0.15, 0.2) is 77.6 Å². The molecule has 1 nitrogen and oxygen atoms in total. The van der Waals surface area contributed by atoms with Crippen LogP contribution in [0.5, 0.6) is 0 Å². The average Bonchev–Trinajstić information content (AvgIpc) is 3.24. The third kappa shape index (κ3) is 5.40. The first-order valence-corrected chi connectivity index (χ1v) is 7.68. The second kappa shape index (κ2) is 10.4. The molecule has 4 heteroatoms. The number of hydrogen-bond acceptors (Lipinski definition) is 0. The van der Waals surface area contributed by atoms with Crippen molar-refractivity contribution in [3.63, 3.8) is 0 Å². The maximum atomic E-state index is 3.26. The van der Waals surface area contributed by atoms with E-state index in [0.29, 0.717) is 0 Å². The molecule has 0 unspecified atom stereocenters. The minimum absolute atomic E-state index is 0. The van der Waals surface area contributed by atoms with Gasteiger partial charge in [-0.05, 0) is 17.8 Å². The van der Waals surface area contributed by atoms with Crippen molar-refractivity contribution in [1.82, 2.24) is 4.57 Å². The standard InChI is InChI=1S/C13H10N.C8H11.2FH.Zr/c1-2-6-12-10-13(9-11(12)5-1)14-7-3-4-8-14;1-6-4-5-7(2)8(6)3;;;/h1-10H;4H2,1-3H3;2*1H;/q2*-1;;;+4/p-2. The molecule has 2 aromatic carbocycles.